The molecular weight excluding hydrogens is 307 g/mol. The maximum atomic E-state index is 10.8. The van der Waals surface area contributed by atoms with E-state index in [1.54, 1.807) is 22.6 Å². The third-order valence-electron chi connectivity index (χ3n) is 2.22. The first-order valence-corrected chi connectivity index (χ1v) is 5.95. The van der Waals surface area contributed by atoms with Crippen molar-refractivity contribution in [1.82, 2.24) is 0 Å². The minimum absolute atomic E-state index is 0.00695. The van der Waals surface area contributed by atoms with E-state index in [0.29, 0.717) is 6.42 Å². The van der Waals surface area contributed by atoms with Crippen molar-refractivity contribution in [1.29, 1.82) is 0 Å². The van der Waals surface area contributed by atoms with Crippen LogP contribution in [0.15, 0.2) is 0 Å². The van der Waals surface area contributed by atoms with E-state index in [1.165, 1.54) is 0 Å². The number of nitrogens with two attached hydrogens (primary N) is 2. The number of carbonyl (C=O) groups excluding carboxylic acids is 1. The normalized spacial score (nSPS) is 24.6. The van der Waals surface area contributed by atoms with Gasteiger partial charge >= 0.3 is 0 Å². The van der Waals surface area contributed by atoms with E-state index >= 15 is 0 Å². The zero-order valence-electron chi connectivity index (χ0n) is 8.46. The molecule has 0 radical (unpaired) electrons. The van der Waals surface area contributed by atoms with Gasteiger partial charge in [-0.2, -0.15) is 0 Å². The summed E-state index contributed by atoms with van der Waals surface area (Å²) in [5.74, 6) is 5.76. The largest absolute Gasteiger partial charge is 0.370 e. The first-order valence-electron chi connectivity index (χ1n) is 4.87. The van der Waals surface area contributed by atoms with Gasteiger partial charge in [0.25, 0.3) is 0 Å². The fourth-order valence-corrected chi connectivity index (χ4v) is 1.60. The maximum absolute atomic E-state index is 10.8. The topological polar surface area (TPSA) is 78.3 Å². The second-order valence-corrected chi connectivity index (χ2v) is 4.91. The van der Waals surface area contributed by atoms with Gasteiger partial charge in [0.1, 0.15) is 12.3 Å². The van der Waals surface area contributed by atoms with Crippen LogP contribution >= 0.6 is 22.6 Å². The van der Waals surface area contributed by atoms with Crippen molar-refractivity contribution in [2.45, 2.75) is 37.5 Å². The molecule has 1 rings (SSSR count). The third-order valence-corrected chi connectivity index (χ3v) is 2.54. The van der Waals surface area contributed by atoms with Crippen LogP contribution in [0.2, 0.25) is 0 Å². The lowest BCUT2D eigenvalue weighted by atomic mass is 9.98. The molecule has 0 bridgehead atoms. The monoisotopic (exact) mass is 322 g/mol. The van der Waals surface area contributed by atoms with E-state index in [9.17, 15) is 4.79 Å². The number of ether oxygens (including phenoxy) is 1. The van der Waals surface area contributed by atoms with Crippen molar-refractivity contribution in [2.75, 3.05) is 6.61 Å². The molecule has 0 aromatic carbocycles. The average Bonchev–Trinajstić information content (AvgIpc) is 2.12. The Hall–Kier alpha value is -0.160. The Bertz CT molecular complexity index is 294. The summed E-state index contributed by atoms with van der Waals surface area (Å²) < 4.78 is 5.44. The molecule has 4 nitrogen and oxygen atoms in total. The lowest BCUT2D eigenvalue weighted by Crippen LogP contribution is -2.48. The van der Waals surface area contributed by atoms with E-state index in [0.717, 1.165) is 19.3 Å². The molecule has 5 heteroatoms. The maximum Gasteiger partial charge on any atom is 0.217 e. The van der Waals surface area contributed by atoms with Gasteiger partial charge in [-0.3, -0.25) is 4.79 Å². The van der Waals surface area contributed by atoms with Gasteiger partial charge in [-0.05, 0) is 19.3 Å². The molecular formula is C10H15IN2O2. The van der Waals surface area contributed by atoms with Crippen LogP contribution in [0, 0.1) is 11.8 Å². The number of hydrogen-bond donors (Lipinski definition) is 2. The number of hydrogen-bond acceptors (Lipinski definition) is 4. The molecule has 15 heavy (non-hydrogen) atoms. The highest BCUT2D eigenvalue weighted by molar-refractivity contribution is 14.1. The quantitative estimate of drug-likeness (QED) is 0.344. The molecule has 1 aliphatic carbocycles. The molecule has 0 amide bonds. The molecule has 0 aromatic rings. The van der Waals surface area contributed by atoms with Crippen molar-refractivity contribution < 1.29 is 9.53 Å². The van der Waals surface area contributed by atoms with Crippen LogP contribution < -0.4 is 11.5 Å². The van der Waals surface area contributed by atoms with Crippen LogP contribution in [0.5, 0.6) is 0 Å². The summed E-state index contributed by atoms with van der Waals surface area (Å²) in [4.78, 5) is 10.8. The third kappa shape index (κ3) is 5.47. The Balaban J connectivity index is 2.44. The first kappa shape index (κ1) is 12.9. The van der Waals surface area contributed by atoms with Gasteiger partial charge in [-0.1, -0.05) is 11.8 Å². The van der Waals surface area contributed by atoms with Gasteiger partial charge in [0.2, 0.25) is 3.79 Å². The van der Waals surface area contributed by atoms with E-state index in [-0.39, 0.29) is 16.5 Å². The van der Waals surface area contributed by atoms with Gasteiger partial charge in [0, 0.05) is 29.0 Å². The second-order valence-electron chi connectivity index (χ2n) is 3.71. The van der Waals surface area contributed by atoms with Gasteiger partial charge in [0.05, 0.1) is 6.10 Å². The van der Waals surface area contributed by atoms with Crippen LogP contribution in [0.1, 0.15) is 25.7 Å². The summed E-state index contributed by atoms with van der Waals surface area (Å²) in [5, 5.41) is 0. The zero-order chi connectivity index (χ0) is 11.3. The van der Waals surface area contributed by atoms with Gasteiger partial charge < -0.3 is 16.2 Å². The van der Waals surface area contributed by atoms with Crippen LogP contribution in [0.3, 0.4) is 0 Å². The number of rotatable bonds is 3. The predicted molar refractivity (Wildman–Crippen MR) is 66.1 cm³/mol. The molecule has 1 aliphatic rings. The second kappa shape index (κ2) is 5.80. The molecule has 0 heterocycles. The summed E-state index contributed by atoms with van der Waals surface area (Å²) in [6.45, 7) is 0.154. The van der Waals surface area contributed by atoms with E-state index in [1.807, 2.05) is 0 Å². The highest BCUT2D eigenvalue weighted by Crippen LogP contribution is 2.15. The molecule has 0 aromatic heterocycles. The van der Waals surface area contributed by atoms with Crippen LogP contribution in [0.4, 0.5) is 0 Å². The molecule has 0 spiro atoms. The average molecular weight is 322 g/mol. The highest BCUT2D eigenvalue weighted by atomic mass is 127. The molecule has 0 saturated heterocycles. The van der Waals surface area contributed by atoms with E-state index in [2.05, 4.69) is 11.8 Å². The number of carbonyl (C=O) groups is 1. The molecule has 0 aliphatic heterocycles. The fraction of sp³-hybridized carbons (Fsp3) is 0.700. The zero-order valence-corrected chi connectivity index (χ0v) is 10.6. The van der Waals surface area contributed by atoms with Crippen molar-refractivity contribution in [2.24, 2.45) is 11.5 Å². The summed E-state index contributed by atoms with van der Waals surface area (Å²) in [7, 11) is 0. The summed E-state index contributed by atoms with van der Waals surface area (Å²) in [5.41, 5.74) is 10.6. The van der Waals surface area contributed by atoms with Crippen LogP contribution in [0.25, 0.3) is 0 Å². The van der Waals surface area contributed by atoms with Crippen molar-refractivity contribution in [3.8, 4) is 11.8 Å². The fourth-order valence-electron chi connectivity index (χ4n) is 1.42. The van der Waals surface area contributed by atoms with Gasteiger partial charge in [-0.15, -0.1) is 0 Å². The minimum Gasteiger partial charge on any atom is -0.370 e. The van der Waals surface area contributed by atoms with Crippen molar-refractivity contribution >= 4 is 26.4 Å². The highest BCUT2D eigenvalue weighted by Gasteiger charge is 2.21. The molecule has 4 N–H and O–H groups in total. The summed E-state index contributed by atoms with van der Waals surface area (Å²) in [6, 6.07) is 0. The molecule has 0 saturated carbocycles. The summed E-state index contributed by atoms with van der Waals surface area (Å²) >= 11 is 1.72. The lowest BCUT2D eigenvalue weighted by molar-refractivity contribution is -0.115. The van der Waals surface area contributed by atoms with Crippen LogP contribution in [-0.2, 0) is 9.53 Å². The Morgan fingerprint density at radius 1 is 1.53 bits per heavy atom. The molecule has 1 atom stereocenters. The minimum atomic E-state index is -0.906. The van der Waals surface area contributed by atoms with E-state index in [4.69, 9.17) is 16.2 Å². The van der Waals surface area contributed by atoms with Gasteiger partial charge in [-0.25, -0.2) is 0 Å². The van der Waals surface area contributed by atoms with Crippen LogP contribution in [-0.4, -0.2) is 22.2 Å². The summed E-state index contributed by atoms with van der Waals surface area (Å²) in [6.07, 6.45) is 2.96. The molecule has 84 valence electrons. The smallest absolute Gasteiger partial charge is 0.217 e. The Labute approximate surface area is 103 Å². The lowest BCUT2D eigenvalue weighted by Gasteiger charge is -2.23. The standard InChI is InChI=1S/C10H15IN2O2/c11-9(14)7-15-8-3-1-2-5-10(12,13)6-4-8/h8H,1,3-4,6-7,12-13H2. The molecule has 0 fully saturated rings. The van der Waals surface area contributed by atoms with Crippen molar-refractivity contribution in [3.63, 3.8) is 0 Å². The number of halogens is 1. The van der Waals surface area contributed by atoms with E-state index < -0.39 is 5.66 Å². The predicted octanol–water partition coefficient (Wildman–Crippen LogP) is 0.524. The first-order chi connectivity index (χ1) is 6.99. The Morgan fingerprint density at radius 2 is 2.27 bits per heavy atom. The molecule has 1 unspecified atom stereocenters. The Morgan fingerprint density at radius 3 is 2.93 bits per heavy atom. The SMILES string of the molecule is NC1(N)C#CCCC(OCC(=O)I)CC1. The van der Waals surface area contributed by atoms with Crippen molar-refractivity contribution in [3.05, 3.63) is 0 Å². The van der Waals surface area contributed by atoms with Gasteiger partial charge in [0.15, 0.2) is 0 Å². The Kier molecular flexibility index (Phi) is 4.99.